The summed E-state index contributed by atoms with van der Waals surface area (Å²) in [6.07, 6.45) is 2.31. The number of hydrogen-bond acceptors (Lipinski definition) is 6. The monoisotopic (exact) mass is 565 g/mol. The lowest BCUT2D eigenvalue weighted by Gasteiger charge is -2.19. The Kier molecular flexibility index (Phi) is 6.78. The fourth-order valence-corrected chi connectivity index (χ4v) is 6.60. The van der Waals surface area contributed by atoms with Crippen molar-refractivity contribution in [3.8, 4) is 11.1 Å². The predicted molar refractivity (Wildman–Crippen MR) is 150 cm³/mol. The van der Waals surface area contributed by atoms with Crippen molar-refractivity contribution in [1.29, 1.82) is 0 Å². The second-order valence-electron chi connectivity index (χ2n) is 8.48. The predicted octanol–water partition coefficient (Wildman–Crippen LogP) is 5.62. The third-order valence-corrected chi connectivity index (χ3v) is 8.34. The zero-order chi connectivity index (χ0) is 27.0. The number of hydrogen-bond donors (Lipinski definition) is 1. The quantitative estimate of drug-likeness (QED) is 0.274. The van der Waals surface area contributed by atoms with E-state index in [9.17, 15) is 23.1 Å². The van der Waals surface area contributed by atoms with Crippen molar-refractivity contribution < 1.29 is 18.3 Å². The van der Waals surface area contributed by atoms with Crippen LogP contribution in [0.1, 0.15) is 15.9 Å². The number of sulfonamides is 1. The van der Waals surface area contributed by atoms with Crippen LogP contribution < -0.4 is 9.73 Å². The molecule has 1 N–H and O–H groups in total. The average molecular weight is 566 g/mol. The van der Waals surface area contributed by atoms with Crippen molar-refractivity contribution in [3.63, 3.8) is 0 Å². The van der Waals surface area contributed by atoms with Gasteiger partial charge < -0.3 is 9.67 Å². The topological polar surface area (TPSA) is 110 Å². The van der Waals surface area contributed by atoms with Crippen LogP contribution in [0.5, 0.6) is 0 Å². The molecule has 0 saturated heterocycles. The van der Waals surface area contributed by atoms with Crippen LogP contribution in [0.4, 0.5) is 10.8 Å². The van der Waals surface area contributed by atoms with Gasteiger partial charge in [0.25, 0.3) is 0 Å². The van der Waals surface area contributed by atoms with Gasteiger partial charge in [0.2, 0.25) is 20.6 Å². The maximum Gasteiger partial charge on any atom is 0.341 e. The molecule has 0 amide bonds. The molecule has 0 aliphatic carbocycles. The van der Waals surface area contributed by atoms with Crippen LogP contribution in [0.3, 0.4) is 0 Å². The summed E-state index contributed by atoms with van der Waals surface area (Å²) in [7, 11) is -3.87. The van der Waals surface area contributed by atoms with E-state index < -0.39 is 27.0 Å². The number of rotatable bonds is 7. The number of anilines is 2. The third-order valence-electron chi connectivity index (χ3n) is 5.84. The smallest absolute Gasteiger partial charge is 0.341 e. The number of carbonyl (C=O) groups is 1. The molecule has 0 radical (unpaired) electrons. The van der Waals surface area contributed by atoms with Crippen molar-refractivity contribution in [2.24, 2.45) is 0 Å². The zero-order valence-electron chi connectivity index (χ0n) is 19.9. The van der Waals surface area contributed by atoms with Crippen LogP contribution in [0, 0.1) is 0 Å². The van der Waals surface area contributed by atoms with Gasteiger partial charge in [0, 0.05) is 17.8 Å². The Morgan fingerprint density at radius 1 is 1.03 bits per heavy atom. The molecule has 0 atom stereocenters. The molecule has 2 heterocycles. The first-order chi connectivity index (χ1) is 18.1. The van der Waals surface area contributed by atoms with Gasteiger partial charge in [0.15, 0.2) is 0 Å². The maximum absolute atomic E-state index is 13.1. The van der Waals surface area contributed by atoms with Gasteiger partial charge in [-0.1, -0.05) is 77.5 Å². The Balaban J connectivity index is 1.72. The lowest BCUT2D eigenvalue weighted by atomic mass is 9.99. The van der Waals surface area contributed by atoms with Gasteiger partial charge in [0.1, 0.15) is 15.9 Å². The van der Waals surface area contributed by atoms with Crippen molar-refractivity contribution in [2.75, 3.05) is 10.6 Å². The Labute approximate surface area is 227 Å². The minimum Gasteiger partial charge on any atom is -0.477 e. The highest BCUT2D eigenvalue weighted by Crippen LogP contribution is 2.36. The van der Waals surface area contributed by atoms with E-state index in [1.54, 1.807) is 16.7 Å². The van der Waals surface area contributed by atoms with Gasteiger partial charge in [-0.2, -0.15) is 0 Å². The normalized spacial score (nSPS) is 11.5. The van der Waals surface area contributed by atoms with Gasteiger partial charge in [-0.05, 0) is 41.0 Å². The standard InChI is InChI=1S/C27H20ClN3O5S2/c1-38(35,36)31(20-13-11-19(28)12-14-20)27-29-23-24(32)22(26(33)34)16-30(25(23)37-27)15-18-9-5-6-10-21(18)17-7-3-2-4-8-17/h2-14,16H,15H2,1H3,(H,33,34). The van der Waals surface area contributed by atoms with Gasteiger partial charge in [-0.15, -0.1) is 0 Å². The molecule has 0 aliphatic heterocycles. The summed E-state index contributed by atoms with van der Waals surface area (Å²) in [5.74, 6) is -1.39. The zero-order valence-corrected chi connectivity index (χ0v) is 22.3. The van der Waals surface area contributed by atoms with Crippen LogP contribution in [-0.2, 0) is 16.6 Å². The van der Waals surface area contributed by atoms with Crippen LogP contribution >= 0.6 is 22.9 Å². The molecule has 38 heavy (non-hydrogen) atoms. The molecule has 8 nitrogen and oxygen atoms in total. The van der Waals surface area contributed by atoms with E-state index in [0.29, 0.717) is 9.85 Å². The van der Waals surface area contributed by atoms with E-state index >= 15 is 0 Å². The van der Waals surface area contributed by atoms with E-state index in [4.69, 9.17) is 11.6 Å². The summed E-state index contributed by atoms with van der Waals surface area (Å²) in [6, 6.07) is 23.6. The second-order valence-corrected chi connectivity index (χ2v) is 11.7. The molecule has 0 saturated carbocycles. The fourth-order valence-electron chi connectivity index (χ4n) is 4.16. The maximum atomic E-state index is 13.1. The Hall–Kier alpha value is -3.99. The number of carboxylic acids is 1. The third kappa shape index (κ3) is 4.93. The van der Waals surface area contributed by atoms with E-state index in [-0.39, 0.29) is 22.9 Å². The Bertz CT molecular complexity index is 1830. The first kappa shape index (κ1) is 25.7. The molecule has 0 fully saturated rings. The highest BCUT2D eigenvalue weighted by atomic mass is 35.5. The van der Waals surface area contributed by atoms with Gasteiger partial charge in [-0.25, -0.2) is 22.5 Å². The molecule has 5 rings (SSSR count). The van der Waals surface area contributed by atoms with Gasteiger partial charge >= 0.3 is 5.97 Å². The number of benzene rings is 3. The van der Waals surface area contributed by atoms with E-state index in [0.717, 1.165) is 38.6 Å². The van der Waals surface area contributed by atoms with Crippen LogP contribution in [0.25, 0.3) is 21.5 Å². The Morgan fingerprint density at radius 3 is 2.34 bits per heavy atom. The fraction of sp³-hybridized carbons (Fsp3) is 0.0741. The molecule has 11 heteroatoms. The lowest BCUT2D eigenvalue weighted by Crippen LogP contribution is -2.24. The highest BCUT2D eigenvalue weighted by molar-refractivity contribution is 7.92. The summed E-state index contributed by atoms with van der Waals surface area (Å²) in [4.78, 5) is 29.7. The van der Waals surface area contributed by atoms with Crippen molar-refractivity contribution in [2.45, 2.75) is 6.54 Å². The van der Waals surface area contributed by atoms with E-state index in [1.807, 2.05) is 54.6 Å². The van der Waals surface area contributed by atoms with Crippen molar-refractivity contribution in [1.82, 2.24) is 9.55 Å². The largest absolute Gasteiger partial charge is 0.477 e. The summed E-state index contributed by atoms with van der Waals surface area (Å²) in [5, 5.41) is 10.2. The van der Waals surface area contributed by atoms with Crippen molar-refractivity contribution in [3.05, 3.63) is 111 Å². The summed E-state index contributed by atoms with van der Waals surface area (Å²) < 4.78 is 28.3. The number of fused-ring (bicyclic) bond motifs is 1. The number of aromatic nitrogens is 2. The molecule has 5 aromatic rings. The van der Waals surface area contributed by atoms with E-state index in [2.05, 4.69) is 4.98 Å². The summed E-state index contributed by atoms with van der Waals surface area (Å²) >= 11 is 6.97. The molecule has 2 aromatic heterocycles. The molecule has 192 valence electrons. The lowest BCUT2D eigenvalue weighted by molar-refractivity contribution is 0.0694. The minimum absolute atomic E-state index is 0.00885. The minimum atomic E-state index is -3.87. The number of aromatic carboxylic acids is 1. The van der Waals surface area contributed by atoms with Gasteiger partial charge in [0.05, 0.1) is 11.9 Å². The first-order valence-electron chi connectivity index (χ1n) is 11.3. The molecule has 0 spiro atoms. The molecule has 0 aliphatic rings. The molecule has 0 bridgehead atoms. The highest BCUT2D eigenvalue weighted by Gasteiger charge is 2.27. The Morgan fingerprint density at radius 2 is 1.68 bits per heavy atom. The number of carboxylic acid groups (broad SMARTS) is 1. The van der Waals surface area contributed by atoms with Crippen LogP contribution in [-0.4, -0.2) is 35.3 Å². The SMILES string of the molecule is CS(=O)(=O)N(c1ccc(Cl)cc1)c1nc2c(=O)c(C(=O)O)cn(Cc3ccccc3-c3ccccc3)c2s1. The van der Waals surface area contributed by atoms with Crippen LogP contribution in [0.15, 0.2) is 89.9 Å². The van der Waals surface area contributed by atoms with E-state index in [1.165, 1.54) is 18.3 Å². The molecule has 0 unspecified atom stereocenters. The number of thiazole rings is 1. The van der Waals surface area contributed by atoms with Gasteiger partial charge in [-0.3, -0.25) is 4.79 Å². The molecule has 3 aromatic carbocycles. The average Bonchev–Trinajstić information content (AvgIpc) is 3.32. The van der Waals surface area contributed by atoms with Crippen LogP contribution in [0.2, 0.25) is 5.02 Å². The molecular formula is C27H20ClN3O5S2. The summed E-state index contributed by atoms with van der Waals surface area (Å²) in [6.45, 7) is 0.226. The van der Waals surface area contributed by atoms with Crippen molar-refractivity contribution >= 4 is 60.1 Å². The second kappa shape index (κ2) is 10.1. The number of halogens is 1. The number of nitrogens with zero attached hydrogens (tertiary/aromatic N) is 3. The molecular weight excluding hydrogens is 546 g/mol. The first-order valence-corrected chi connectivity index (χ1v) is 14.3. The number of pyridine rings is 1. The summed E-state index contributed by atoms with van der Waals surface area (Å²) in [5.41, 5.74) is 1.73.